The summed E-state index contributed by atoms with van der Waals surface area (Å²) in [6, 6.07) is 17.7. The van der Waals surface area contributed by atoms with Crippen LogP contribution in [0.4, 0.5) is 5.69 Å². The molecule has 0 saturated carbocycles. The number of benzene rings is 2. The molecule has 2 aromatic carbocycles. The fourth-order valence-electron chi connectivity index (χ4n) is 3.59. The smallest absolute Gasteiger partial charge is 0.227 e. The van der Waals surface area contributed by atoms with Crippen molar-refractivity contribution in [3.8, 4) is 17.4 Å². The second-order valence-corrected chi connectivity index (χ2v) is 7.27. The first kappa shape index (κ1) is 19.9. The van der Waals surface area contributed by atoms with Gasteiger partial charge in [0.05, 0.1) is 7.11 Å². The SMILES string of the molecule is COc1cccc(Oc2ncccc2CNCc2ccc3c(c2)CCC(=O)N3C)c1. The lowest BCUT2D eigenvalue weighted by atomic mass is 9.99. The standard InChI is InChI=1S/C24H25N3O3/c1-27-22-10-8-17(13-18(22)9-11-23(27)28)15-25-16-19-5-4-12-26-24(19)30-21-7-3-6-20(14-21)29-2/h3-8,10,12-14,25H,9,11,15-16H2,1-2H3. The van der Waals surface area contributed by atoms with E-state index in [1.54, 1.807) is 18.2 Å². The van der Waals surface area contributed by atoms with Gasteiger partial charge in [-0.3, -0.25) is 4.79 Å². The number of rotatable bonds is 7. The lowest BCUT2D eigenvalue weighted by Gasteiger charge is -2.26. The highest BCUT2D eigenvalue weighted by atomic mass is 16.5. The number of fused-ring (bicyclic) bond motifs is 1. The number of ether oxygens (including phenoxy) is 2. The molecule has 6 heteroatoms. The van der Waals surface area contributed by atoms with Gasteiger partial charge in [0.2, 0.25) is 11.8 Å². The van der Waals surface area contributed by atoms with Crippen LogP contribution in [0.15, 0.2) is 60.8 Å². The van der Waals surface area contributed by atoms with E-state index >= 15 is 0 Å². The maximum atomic E-state index is 11.9. The quantitative estimate of drug-likeness (QED) is 0.644. The molecule has 4 rings (SSSR count). The summed E-state index contributed by atoms with van der Waals surface area (Å²) in [6.45, 7) is 1.35. The highest BCUT2D eigenvalue weighted by Crippen LogP contribution is 2.28. The molecule has 0 aliphatic carbocycles. The van der Waals surface area contributed by atoms with Crippen molar-refractivity contribution in [3.63, 3.8) is 0 Å². The van der Waals surface area contributed by atoms with Crippen LogP contribution < -0.4 is 19.7 Å². The van der Waals surface area contributed by atoms with E-state index in [1.165, 1.54) is 11.1 Å². The van der Waals surface area contributed by atoms with Gasteiger partial charge < -0.3 is 19.7 Å². The number of carbonyl (C=O) groups is 1. The number of pyridine rings is 1. The number of carbonyl (C=O) groups excluding carboxylic acids is 1. The minimum absolute atomic E-state index is 0.175. The number of nitrogens with one attached hydrogen (secondary N) is 1. The largest absolute Gasteiger partial charge is 0.497 e. The van der Waals surface area contributed by atoms with E-state index in [-0.39, 0.29) is 5.91 Å². The molecule has 0 radical (unpaired) electrons. The van der Waals surface area contributed by atoms with E-state index in [0.717, 1.165) is 30.0 Å². The van der Waals surface area contributed by atoms with Gasteiger partial charge in [-0.1, -0.05) is 24.3 Å². The Labute approximate surface area is 176 Å². The molecule has 0 bridgehead atoms. The summed E-state index contributed by atoms with van der Waals surface area (Å²) < 4.78 is 11.2. The molecule has 0 atom stereocenters. The highest BCUT2D eigenvalue weighted by Gasteiger charge is 2.20. The molecule has 1 N–H and O–H groups in total. The van der Waals surface area contributed by atoms with Gasteiger partial charge in [-0.05, 0) is 41.8 Å². The van der Waals surface area contributed by atoms with Crippen molar-refractivity contribution in [3.05, 3.63) is 77.5 Å². The average molecular weight is 403 g/mol. The topological polar surface area (TPSA) is 63.7 Å². The minimum atomic E-state index is 0.175. The lowest BCUT2D eigenvalue weighted by molar-refractivity contribution is -0.118. The van der Waals surface area contributed by atoms with Gasteiger partial charge in [-0.15, -0.1) is 0 Å². The molecule has 0 spiro atoms. The van der Waals surface area contributed by atoms with Crippen molar-refractivity contribution < 1.29 is 14.3 Å². The molecule has 1 aliphatic rings. The zero-order valence-electron chi connectivity index (χ0n) is 17.2. The fraction of sp³-hybridized carbons (Fsp3) is 0.250. The molecule has 1 amide bonds. The number of anilines is 1. The van der Waals surface area contributed by atoms with E-state index in [1.807, 2.05) is 49.5 Å². The van der Waals surface area contributed by atoms with Crippen LogP contribution in [0.25, 0.3) is 0 Å². The van der Waals surface area contributed by atoms with E-state index in [0.29, 0.717) is 24.6 Å². The van der Waals surface area contributed by atoms with E-state index in [4.69, 9.17) is 9.47 Å². The Bertz CT molecular complexity index is 1050. The third-order valence-electron chi connectivity index (χ3n) is 5.24. The number of aromatic nitrogens is 1. The number of methoxy groups -OCH3 is 1. The molecule has 30 heavy (non-hydrogen) atoms. The van der Waals surface area contributed by atoms with E-state index in [2.05, 4.69) is 22.4 Å². The second-order valence-electron chi connectivity index (χ2n) is 7.27. The third-order valence-corrected chi connectivity index (χ3v) is 5.24. The van der Waals surface area contributed by atoms with Crippen molar-refractivity contribution in [2.24, 2.45) is 0 Å². The second kappa shape index (κ2) is 8.97. The molecule has 6 nitrogen and oxygen atoms in total. The first-order valence-electron chi connectivity index (χ1n) is 9.99. The summed E-state index contributed by atoms with van der Waals surface area (Å²) in [7, 11) is 3.47. The van der Waals surface area contributed by atoms with Crippen LogP contribution in [0, 0.1) is 0 Å². The van der Waals surface area contributed by atoms with Gasteiger partial charge in [-0.25, -0.2) is 4.98 Å². The monoisotopic (exact) mass is 403 g/mol. The molecular weight excluding hydrogens is 378 g/mol. The molecular formula is C24H25N3O3. The first-order chi connectivity index (χ1) is 14.6. The molecule has 1 aromatic heterocycles. The van der Waals surface area contributed by atoms with Crippen molar-refractivity contribution in [1.82, 2.24) is 10.3 Å². The Balaban J connectivity index is 1.41. The molecule has 2 heterocycles. The van der Waals surface area contributed by atoms with Gasteiger partial charge in [-0.2, -0.15) is 0 Å². The number of amides is 1. The van der Waals surface area contributed by atoms with Crippen molar-refractivity contribution in [1.29, 1.82) is 0 Å². The summed E-state index contributed by atoms with van der Waals surface area (Å²) in [5.74, 6) is 2.17. The normalized spacial score (nSPS) is 13.1. The average Bonchev–Trinajstić information content (AvgIpc) is 2.78. The Morgan fingerprint density at radius 1 is 1.03 bits per heavy atom. The summed E-state index contributed by atoms with van der Waals surface area (Å²) in [4.78, 5) is 18.0. The van der Waals surface area contributed by atoms with Crippen LogP contribution in [-0.4, -0.2) is 25.0 Å². The van der Waals surface area contributed by atoms with Crippen LogP contribution in [0.1, 0.15) is 23.1 Å². The molecule has 0 saturated heterocycles. The molecule has 154 valence electrons. The minimum Gasteiger partial charge on any atom is -0.497 e. The van der Waals surface area contributed by atoms with E-state index in [9.17, 15) is 4.79 Å². The Hall–Kier alpha value is -3.38. The van der Waals surface area contributed by atoms with Gasteiger partial charge in [0.1, 0.15) is 11.5 Å². The van der Waals surface area contributed by atoms with Crippen molar-refractivity contribution in [2.75, 3.05) is 19.1 Å². The van der Waals surface area contributed by atoms with Gasteiger partial charge >= 0.3 is 0 Å². The molecule has 3 aromatic rings. The van der Waals surface area contributed by atoms with Crippen LogP contribution >= 0.6 is 0 Å². The predicted molar refractivity (Wildman–Crippen MR) is 116 cm³/mol. The Morgan fingerprint density at radius 3 is 2.77 bits per heavy atom. The molecule has 0 unspecified atom stereocenters. The Morgan fingerprint density at radius 2 is 1.90 bits per heavy atom. The lowest BCUT2D eigenvalue weighted by Crippen LogP contribution is -2.31. The van der Waals surface area contributed by atoms with Gasteiger partial charge in [0, 0.05) is 50.1 Å². The van der Waals surface area contributed by atoms with Crippen LogP contribution in [0.3, 0.4) is 0 Å². The third kappa shape index (κ3) is 4.44. The zero-order valence-corrected chi connectivity index (χ0v) is 17.2. The Kier molecular flexibility index (Phi) is 5.95. The number of hydrogen-bond donors (Lipinski definition) is 1. The number of aryl methyl sites for hydroxylation is 1. The molecule has 0 fully saturated rings. The maximum absolute atomic E-state index is 11.9. The fourth-order valence-corrected chi connectivity index (χ4v) is 3.59. The first-order valence-corrected chi connectivity index (χ1v) is 9.99. The summed E-state index contributed by atoms with van der Waals surface area (Å²) in [6.07, 6.45) is 3.09. The maximum Gasteiger partial charge on any atom is 0.227 e. The number of nitrogens with zero attached hydrogens (tertiary/aromatic N) is 2. The summed E-state index contributed by atoms with van der Waals surface area (Å²) in [5, 5.41) is 3.47. The van der Waals surface area contributed by atoms with Crippen LogP contribution in [0.5, 0.6) is 17.4 Å². The van der Waals surface area contributed by atoms with Gasteiger partial charge in [0.25, 0.3) is 0 Å². The summed E-state index contributed by atoms with van der Waals surface area (Å²) >= 11 is 0. The predicted octanol–water partition coefficient (Wildman–Crippen LogP) is 4.08. The van der Waals surface area contributed by atoms with Crippen LogP contribution in [-0.2, 0) is 24.3 Å². The van der Waals surface area contributed by atoms with E-state index < -0.39 is 0 Å². The number of hydrogen-bond acceptors (Lipinski definition) is 5. The van der Waals surface area contributed by atoms with Gasteiger partial charge in [0.15, 0.2) is 0 Å². The summed E-state index contributed by atoms with van der Waals surface area (Å²) in [5.41, 5.74) is 4.40. The molecule has 1 aliphatic heterocycles. The van der Waals surface area contributed by atoms with Crippen LogP contribution in [0.2, 0.25) is 0 Å². The highest BCUT2D eigenvalue weighted by molar-refractivity contribution is 5.95. The zero-order chi connectivity index (χ0) is 20.9. The van der Waals surface area contributed by atoms with Crippen molar-refractivity contribution in [2.45, 2.75) is 25.9 Å². The van der Waals surface area contributed by atoms with Crippen molar-refractivity contribution >= 4 is 11.6 Å².